The summed E-state index contributed by atoms with van der Waals surface area (Å²) in [6.45, 7) is -0.765. The van der Waals surface area contributed by atoms with Gasteiger partial charge in [0, 0.05) is 12.1 Å². The van der Waals surface area contributed by atoms with E-state index in [1.807, 2.05) is 6.07 Å². The fraction of sp³-hybridized carbons (Fsp3) is 0.200. The fourth-order valence-electron chi connectivity index (χ4n) is 3.42. The number of amides is 2. The molecule has 2 amide bonds. The molecule has 0 spiro atoms. The molecular weight excluding hydrogens is 462 g/mol. The standard InChI is InChI=1S/C25H22F2N2O6/c1-2-32-22-12-16(8-10-20(22)35-25(26)27)23(30)29-18-6-4-3-5-17(18)24(31)28-13-15-7-9-19-21(11-15)34-14-33-19/h3-12,25H,2,13-14H2,1H3,(H,28,31)(H,29,30). The number of hydrogen-bond donors (Lipinski definition) is 2. The van der Waals surface area contributed by atoms with E-state index in [-0.39, 0.29) is 48.3 Å². The number of rotatable bonds is 9. The molecule has 0 unspecified atom stereocenters. The molecule has 8 nitrogen and oxygen atoms in total. The number of nitrogens with one attached hydrogen (secondary N) is 2. The van der Waals surface area contributed by atoms with Gasteiger partial charge in [-0.2, -0.15) is 8.78 Å². The number of carbonyl (C=O) groups is 2. The van der Waals surface area contributed by atoms with Crippen LogP contribution in [-0.2, 0) is 6.54 Å². The number of ether oxygens (including phenoxy) is 4. The van der Waals surface area contributed by atoms with Gasteiger partial charge in [0.1, 0.15) is 0 Å². The number of hydrogen-bond acceptors (Lipinski definition) is 6. The molecule has 0 bridgehead atoms. The number of alkyl halides is 2. The fourth-order valence-corrected chi connectivity index (χ4v) is 3.42. The van der Waals surface area contributed by atoms with Gasteiger partial charge in [0.2, 0.25) is 6.79 Å². The molecule has 1 heterocycles. The lowest BCUT2D eigenvalue weighted by atomic mass is 10.1. The molecule has 3 aromatic rings. The molecule has 0 radical (unpaired) electrons. The van der Waals surface area contributed by atoms with Crippen molar-refractivity contribution < 1.29 is 37.3 Å². The van der Waals surface area contributed by atoms with Crippen LogP contribution < -0.4 is 29.6 Å². The number of halogens is 2. The van der Waals surface area contributed by atoms with Gasteiger partial charge in [-0.3, -0.25) is 9.59 Å². The maximum absolute atomic E-state index is 12.9. The van der Waals surface area contributed by atoms with Crippen molar-refractivity contribution >= 4 is 17.5 Å². The Morgan fingerprint density at radius 2 is 1.77 bits per heavy atom. The van der Waals surface area contributed by atoms with Gasteiger partial charge in [-0.25, -0.2) is 0 Å². The summed E-state index contributed by atoms with van der Waals surface area (Å²) in [5.74, 6) is 0.145. The Morgan fingerprint density at radius 3 is 2.57 bits per heavy atom. The minimum atomic E-state index is -3.03. The SMILES string of the molecule is CCOc1cc(C(=O)Nc2ccccc2C(=O)NCc2ccc3c(c2)OCO3)ccc1OC(F)F. The van der Waals surface area contributed by atoms with E-state index in [9.17, 15) is 18.4 Å². The summed E-state index contributed by atoms with van der Waals surface area (Å²) in [5, 5.41) is 5.51. The van der Waals surface area contributed by atoms with Gasteiger partial charge in [0.15, 0.2) is 23.0 Å². The highest BCUT2D eigenvalue weighted by molar-refractivity contribution is 6.09. The third-order valence-electron chi connectivity index (χ3n) is 5.03. The van der Waals surface area contributed by atoms with Crippen LogP contribution in [0.5, 0.6) is 23.0 Å². The highest BCUT2D eigenvalue weighted by Crippen LogP contribution is 2.33. The summed E-state index contributed by atoms with van der Waals surface area (Å²) in [6.07, 6.45) is 0. The van der Waals surface area contributed by atoms with E-state index >= 15 is 0 Å². The molecule has 1 aliphatic heterocycles. The van der Waals surface area contributed by atoms with Gasteiger partial charge < -0.3 is 29.6 Å². The maximum Gasteiger partial charge on any atom is 0.387 e. The molecule has 0 atom stereocenters. The Hall–Kier alpha value is -4.34. The first kappa shape index (κ1) is 23.8. The largest absolute Gasteiger partial charge is 0.490 e. The first-order valence-electron chi connectivity index (χ1n) is 10.7. The lowest BCUT2D eigenvalue weighted by Crippen LogP contribution is -2.25. The van der Waals surface area contributed by atoms with E-state index in [4.69, 9.17) is 14.2 Å². The van der Waals surface area contributed by atoms with Crippen LogP contribution in [0.4, 0.5) is 14.5 Å². The van der Waals surface area contributed by atoms with E-state index < -0.39 is 18.4 Å². The third-order valence-corrected chi connectivity index (χ3v) is 5.03. The number of benzene rings is 3. The van der Waals surface area contributed by atoms with Crippen LogP contribution in [0.1, 0.15) is 33.2 Å². The molecular formula is C25H22F2N2O6. The molecule has 0 aliphatic carbocycles. The quantitative estimate of drug-likeness (QED) is 0.461. The molecule has 3 aromatic carbocycles. The van der Waals surface area contributed by atoms with E-state index in [1.54, 1.807) is 43.3 Å². The molecule has 2 N–H and O–H groups in total. The average molecular weight is 484 g/mol. The van der Waals surface area contributed by atoms with Crippen LogP contribution in [0.3, 0.4) is 0 Å². The summed E-state index contributed by atoms with van der Waals surface area (Å²) in [4.78, 5) is 25.7. The summed E-state index contributed by atoms with van der Waals surface area (Å²) >= 11 is 0. The van der Waals surface area contributed by atoms with E-state index in [0.29, 0.717) is 11.5 Å². The van der Waals surface area contributed by atoms with Crippen molar-refractivity contribution in [2.45, 2.75) is 20.1 Å². The first-order chi connectivity index (χ1) is 16.9. The predicted molar refractivity (Wildman–Crippen MR) is 122 cm³/mol. The Bertz CT molecular complexity index is 1230. The lowest BCUT2D eigenvalue weighted by molar-refractivity contribution is -0.0514. The van der Waals surface area contributed by atoms with Crippen molar-refractivity contribution in [1.82, 2.24) is 5.32 Å². The van der Waals surface area contributed by atoms with Gasteiger partial charge in [-0.05, 0) is 55.0 Å². The highest BCUT2D eigenvalue weighted by atomic mass is 19.3. The Kier molecular flexibility index (Phi) is 7.30. The van der Waals surface area contributed by atoms with E-state index in [2.05, 4.69) is 15.4 Å². The van der Waals surface area contributed by atoms with Crippen LogP contribution in [0.25, 0.3) is 0 Å². The van der Waals surface area contributed by atoms with Crippen molar-refractivity contribution in [2.24, 2.45) is 0 Å². The van der Waals surface area contributed by atoms with Gasteiger partial charge in [-0.1, -0.05) is 18.2 Å². The molecule has 1 aliphatic rings. The van der Waals surface area contributed by atoms with Crippen LogP contribution >= 0.6 is 0 Å². The second kappa shape index (κ2) is 10.7. The minimum absolute atomic E-state index is 0.00945. The molecule has 0 fully saturated rings. The maximum atomic E-state index is 12.9. The van der Waals surface area contributed by atoms with Crippen molar-refractivity contribution in [3.63, 3.8) is 0 Å². The zero-order valence-electron chi connectivity index (χ0n) is 18.7. The summed E-state index contributed by atoms with van der Waals surface area (Å²) in [5.41, 5.74) is 1.50. The smallest absolute Gasteiger partial charge is 0.387 e. The number of carbonyl (C=O) groups excluding carboxylic acids is 2. The Morgan fingerprint density at radius 1 is 0.971 bits per heavy atom. The van der Waals surface area contributed by atoms with E-state index in [1.165, 1.54) is 18.2 Å². The van der Waals surface area contributed by atoms with Crippen molar-refractivity contribution in [1.29, 1.82) is 0 Å². The van der Waals surface area contributed by atoms with Crippen LogP contribution in [0, 0.1) is 0 Å². The van der Waals surface area contributed by atoms with Crippen LogP contribution in [0.2, 0.25) is 0 Å². The van der Waals surface area contributed by atoms with Crippen molar-refractivity contribution in [3.8, 4) is 23.0 Å². The molecule has 0 saturated heterocycles. The zero-order valence-corrected chi connectivity index (χ0v) is 18.7. The van der Waals surface area contributed by atoms with Gasteiger partial charge >= 0.3 is 6.61 Å². The average Bonchev–Trinajstić information content (AvgIpc) is 3.32. The second-order valence-electron chi connectivity index (χ2n) is 7.34. The predicted octanol–water partition coefficient (Wildman–Crippen LogP) is 4.60. The van der Waals surface area contributed by atoms with Crippen molar-refractivity contribution in [3.05, 3.63) is 77.4 Å². The second-order valence-corrected chi connectivity index (χ2v) is 7.34. The molecule has 0 aromatic heterocycles. The Labute approximate surface area is 199 Å². The summed E-state index contributed by atoms with van der Waals surface area (Å²) in [6, 6.07) is 15.8. The topological polar surface area (TPSA) is 95.1 Å². The number of fused-ring (bicyclic) bond motifs is 1. The molecule has 10 heteroatoms. The van der Waals surface area contributed by atoms with E-state index in [0.717, 1.165) is 5.56 Å². The van der Waals surface area contributed by atoms with Crippen LogP contribution in [0.15, 0.2) is 60.7 Å². The first-order valence-corrected chi connectivity index (χ1v) is 10.7. The van der Waals surface area contributed by atoms with Crippen LogP contribution in [-0.4, -0.2) is 31.8 Å². The van der Waals surface area contributed by atoms with Gasteiger partial charge in [0.05, 0.1) is 17.9 Å². The highest BCUT2D eigenvalue weighted by Gasteiger charge is 2.18. The number of para-hydroxylation sites is 1. The monoisotopic (exact) mass is 484 g/mol. The minimum Gasteiger partial charge on any atom is -0.490 e. The van der Waals surface area contributed by atoms with Crippen molar-refractivity contribution in [2.75, 3.05) is 18.7 Å². The Balaban J connectivity index is 1.46. The lowest BCUT2D eigenvalue weighted by Gasteiger charge is -2.14. The normalized spacial score (nSPS) is 11.8. The summed E-state index contributed by atoms with van der Waals surface area (Å²) < 4.78 is 45.6. The van der Waals surface area contributed by atoms with Gasteiger partial charge in [0.25, 0.3) is 11.8 Å². The third kappa shape index (κ3) is 5.78. The zero-order chi connectivity index (χ0) is 24.8. The van der Waals surface area contributed by atoms with Gasteiger partial charge in [-0.15, -0.1) is 0 Å². The molecule has 35 heavy (non-hydrogen) atoms. The molecule has 4 rings (SSSR count). The molecule has 0 saturated carbocycles. The number of anilines is 1. The molecule has 182 valence electrons. The summed E-state index contributed by atoms with van der Waals surface area (Å²) in [7, 11) is 0.